The van der Waals surface area contributed by atoms with Crippen molar-refractivity contribution in [2.24, 2.45) is 23.7 Å². The third-order valence-corrected chi connectivity index (χ3v) is 16.2. The number of ether oxygens (including phenoxy) is 2. The molecule has 422 valence electrons. The fourth-order valence-corrected chi connectivity index (χ4v) is 11.6. The van der Waals surface area contributed by atoms with Gasteiger partial charge in [0, 0.05) is 77.7 Å². The number of anilines is 1. The largest absolute Gasteiger partial charge is 0.379 e. The lowest BCUT2D eigenvalue weighted by Crippen LogP contribution is -2.60. The zero-order valence-electron chi connectivity index (χ0n) is 46.5. The van der Waals surface area contributed by atoms with Gasteiger partial charge in [-0.1, -0.05) is 96.3 Å². The highest BCUT2D eigenvalue weighted by molar-refractivity contribution is 6.12. The van der Waals surface area contributed by atoms with E-state index in [1.165, 1.54) is 24.2 Å². The van der Waals surface area contributed by atoms with Crippen LogP contribution < -0.4 is 31.9 Å². The molecule has 2 bridgehead atoms. The van der Waals surface area contributed by atoms with Crippen molar-refractivity contribution in [1.29, 1.82) is 0 Å². The van der Waals surface area contributed by atoms with Gasteiger partial charge in [-0.3, -0.25) is 38.5 Å². The van der Waals surface area contributed by atoms with Crippen LogP contribution in [0.2, 0.25) is 0 Å². The van der Waals surface area contributed by atoms with E-state index in [2.05, 4.69) is 31.9 Å². The molecular formula is C58H85N9O10. The number of methoxy groups -OCH3 is 2. The van der Waals surface area contributed by atoms with Gasteiger partial charge in [0.1, 0.15) is 12.1 Å². The van der Waals surface area contributed by atoms with E-state index in [1.807, 2.05) is 58.0 Å². The summed E-state index contributed by atoms with van der Waals surface area (Å²) in [5, 5.41) is 18.2. The molecule has 6 N–H and O–H groups in total. The number of hydrogen-bond donors (Lipinski definition) is 6. The number of amides is 9. The van der Waals surface area contributed by atoms with Gasteiger partial charge in [0.25, 0.3) is 11.8 Å². The number of imide groups is 1. The average molecular weight is 1070 g/mol. The molecule has 3 aliphatic heterocycles. The molecule has 4 aliphatic rings. The number of hydrogen-bond acceptors (Lipinski definition) is 11. The van der Waals surface area contributed by atoms with E-state index in [9.17, 15) is 38.4 Å². The number of carbonyl (C=O) groups excluding carboxylic acids is 8. The maximum atomic E-state index is 14.5. The summed E-state index contributed by atoms with van der Waals surface area (Å²) in [5.41, 5.74) is 2.15. The van der Waals surface area contributed by atoms with Gasteiger partial charge >= 0.3 is 6.03 Å². The highest BCUT2D eigenvalue weighted by Crippen LogP contribution is 2.36. The van der Waals surface area contributed by atoms with Gasteiger partial charge in [0.2, 0.25) is 29.5 Å². The van der Waals surface area contributed by atoms with Crippen molar-refractivity contribution in [2.75, 3.05) is 46.2 Å². The minimum absolute atomic E-state index is 0.0199. The Balaban J connectivity index is 1.02. The molecule has 19 heteroatoms. The van der Waals surface area contributed by atoms with Gasteiger partial charge in [0.05, 0.1) is 42.7 Å². The fourth-order valence-electron chi connectivity index (χ4n) is 11.6. The summed E-state index contributed by atoms with van der Waals surface area (Å²) in [5.74, 6) is -2.70. The van der Waals surface area contributed by atoms with Crippen molar-refractivity contribution in [1.82, 2.24) is 41.3 Å². The van der Waals surface area contributed by atoms with Crippen LogP contribution in [0.3, 0.4) is 0 Å². The predicted octanol–water partition coefficient (Wildman–Crippen LogP) is 4.84. The normalized spacial score (nSPS) is 21.5. The lowest BCUT2D eigenvalue weighted by Gasteiger charge is -2.41. The van der Waals surface area contributed by atoms with Crippen LogP contribution in [0.25, 0.3) is 0 Å². The van der Waals surface area contributed by atoms with E-state index in [-0.39, 0.29) is 78.7 Å². The second-order valence-electron chi connectivity index (χ2n) is 21.9. The molecule has 1 aliphatic carbocycles. The number of benzene rings is 2. The number of nitrogens with one attached hydrogen (secondary N) is 6. The van der Waals surface area contributed by atoms with Crippen LogP contribution in [0.1, 0.15) is 116 Å². The van der Waals surface area contributed by atoms with Gasteiger partial charge in [-0.15, -0.1) is 0 Å². The monoisotopic (exact) mass is 1070 g/mol. The molecule has 11 atom stereocenters. The molecule has 3 fully saturated rings. The molecular weight excluding hydrogens is 983 g/mol. The van der Waals surface area contributed by atoms with Gasteiger partial charge in [-0.25, -0.2) is 4.79 Å². The topological polar surface area (TPSA) is 237 Å². The minimum atomic E-state index is -0.968. The van der Waals surface area contributed by atoms with Crippen LogP contribution in [-0.4, -0.2) is 151 Å². The first-order chi connectivity index (χ1) is 36.9. The number of urea groups is 1. The van der Waals surface area contributed by atoms with Gasteiger partial charge in [0.15, 0.2) is 0 Å². The Kier molecular flexibility index (Phi) is 22.6. The molecule has 0 radical (unpaired) electrons. The first-order valence-electron chi connectivity index (χ1n) is 27.9. The number of fused-ring (bicyclic) bond motifs is 2. The number of piperidine rings is 1. The minimum Gasteiger partial charge on any atom is -0.379 e. The summed E-state index contributed by atoms with van der Waals surface area (Å²) in [7, 11) is 4.82. The average Bonchev–Trinajstić information content (AvgIpc) is 4.26. The van der Waals surface area contributed by atoms with Gasteiger partial charge in [-0.2, -0.15) is 0 Å². The van der Waals surface area contributed by atoms with E-state index in [0.29, 0.717) is 57.0 Å². The van der Waals surface area contributed by atoms with E-state index >= 15 is 0 Å². The number of likely N-dealkylation sites (N-methyl/N-ethyl adjacent to an activating group) is 1. The van der Waals surface area contributed by atoms with Crippen LogP contribution in [-0.2, 0) is 56.0 Å². The molecule has 2 aromatic carbocycles. The standard InChI is InChI=1S/C58H85N9O10/c1-9-37(4)52(65(6)57(74)50(36(2)3)64-56(73)51-41-23-26-43(33-41)61-51)46(76-7)34-49(70)66-31-17-20-45(66)53(77-8)38(5)54(71)63-44(32-39-18-13-12-14-19-39)55(72)62-42-24-21-40(22-25-42)35-60-58(75)59-29-15-10-11-16-30-67-47(68)27-28-48(67)69/h12-14,18-19,21-22,24-25,27-28,36-38,41,43-46,50-53,61H,9-11,15-17,20,23,26,29-35H2,1-8H3,(H,62,72)(H,63,71)(H,64,73)(H2,59,60,75)/t37-,38+,41-,43+,44-,45-,46+,50-,51-,52-,53+/m0/s1. The maximum Gasteiger partial charge on any atom is 0.315 e. The summed E-state index contributed by atoms with van der Waals surface area (Å²) in [4.78, 5) is 111. The van der Waals surface area contributed by atoms with Crippen molar-refractivity contribution in [3.8, 4) is 0 Å². The molecule has 3 heterocycles. The number of rotatable bonds is 29. The first-order valence-corrected chi connectivity index (χ1v) is 27.9. The molecule has 6 rings (SSSR count). The fraction of sp³-hybridized carbons (Fsp3) is 0.621. The zero-order chi connectivity index (χ0) is 55.8. The van der Waals surface area contributed by atoms with Crippen LogP contribution in [0.5, 0.6) is 0 Å². The number of likely N-dealkylation sites (tertiary alicyclic amines) is 1. The van der Waals surface area contributed by atoms with Crippen LogP contribution in [0.4, 0.5) is 10.5 Å². The SMILES string of the molecule is CC[C@H](C)[C@@H]([C@@H](CC(=O)N1CCC[C@H]1[C@H](OC)[C@@H](C)C(=O)N[C@@H](Cc1ccccc1)C(=O)Nc1ccc(CNC(=O)NCCCCCCN2C(=O)C=CC2=O)cc1)OC)N(C)C(=O)[C@@H](NC(=O)[C@H]1N[C@@H]2CC[C@H]1C2)C(C)C. The molecule has 2 aromatic rings. The Hall–Kier alpha value is -6.18. The van der Waals surface area contributed by atoms with E-state index in [0.717, 1.165) is 49.7 Å². The third kappa shape index (κ3) is 16.2. The van der Waals surface area contributed by atoms with Crippen molar-refractivity contribution in [3.05, 3.63) is 77.9 Å². The van der Waals surface area contributed by atoms with Crippen molar-refractivity contribution < 1.29 is 47.8 Å². The van der Waals surface area contributed by atoms with E-state index in [4.69, 9.17) is 9.47 Å². The van der Waals surface area contributed by atoms with Crippen LogP contribution >= 0.6 is 0 Å². The molecule has 0 spiro atoms. The molecule has 9 amide bonds. The quantitative estimate of drug-likeness (QED) is 0.0477. The number of carbonyl (C=O) groups is 8. The molecule has 0 unspecified atom stereocenters. The van der Waals surface area contributed by atoms with Crippen LogP contribution in [0.15, 0.2) is 66.7 Å². The predicted molar refractivity (Wildman–Crippen MR) is 293 cm³/mol. The third-order valence-electron chi connectivity index (χ3n) is 16.2. The van der Waals surface area contributed by atoms with Crippen molar-refractivity contribution in [2.45, 2.75) is 167 Å². The highest BCUT2D eigenvalue weighted by atomic mass is 16.5. The second-order valence-corrected chi connectivity index (χ2v) is 21.9. The summed E-state index contributed by atoms with van der Waals surface area (Å²) in [6.07, 6.45) is 9.54. The first kappa shape index (κ1) is 60.1. The lowest BCUT2D eigenvalue weighted by atomic mass is 9.89. The number of unbranched alkanes of at least 4 members (excludes halogenated alkanes) is 3. The Morgan fingerprint density at radius 1 is 0.805 bits per heavy atom. The second kappa shape index (κ2) is 29.0. The summed E-state index contributed by atoms with van der Waals surface area (Å²) >= 11 is 0. The lowest BCUT2D eigenvalue weighted by molar-refractivity contribution is -0.148. The van der Waals surface area contributed by atoms with Crippen molar-refractivity contribution >= 4 is 53.1 Å². The molecule has 0 aromatic heterocycles. The molecule has 1 saturated carbocycles. The molecule has 2 saturated heterocycles. The Labute approximate surface area is 455 Å². The molecule has 19 nitrogen and oxygen atoms in total. The Morgan fingerprint density at radius 3 is 2.13 bits per heavy atom. The summed E-state index contributed by atoms with van der Waals surface area (Å²) < 4.78 is 12.2. The smallest absolute Gasteiger partial charge is 0.315 e. The Bertz CT molecular complexity index is 2350. The summed E-state index contributed by atoms with van der Waals surface area (Å²) in [6.45, 7) is 11.2. The van der Waals surface area contributed by atoms with Gasteiger partial charge in [-0.05, 0) is 86.0 Å². The molecule has 77 heavy (non-hydrogen) atoms. The zero-order valence-corrected chi connectivity index (χ0v) is 46.5. The number of nitrogens with zero attached hydrogens (tertiary/aromatic N) is 3. The van der Waals surface area contributed by atoms with Gasteiger partial charge < -0.3 is 51.2 Å². The van der Waals surface area contributed by atoms with E-state index < -0.39 is 54.1 Å². The van der Waals surface area contributed by atoms with Crippen LogP contribution in [0, 0.1) is 23.7 Å². The summed E-state index contributed by atoms with van der Waals surface area (Å²) in [6, 6.07) is 13.5. The maximum absolute atomic E-state index is 14.5. The van der Waals surface area contributed by atoms with Crippen molar-refractivity contribution in [3.63, 3.8) is 0 Å². The highest BCUT2D eigenvalue weighted by Gasteiger charge is 2.46. The van der Waals surface area contributed by atoms with E-state index in [1.54, 1.807) is 55.1 Å². The Morgan fingerprint density at radius 2 is 1.51 bits per heavy atom.